The zero-order chi connectivity index (χ0) is 21.2. The van der Waals surface area contributed by atoms with Crippen LogP contribution in [0.25, 0.3) is 21.5 Å². The number of carbonyl (C=O) groups excluding carboxylic acids is 2. The molecule has 0 spiro atoms. The molecule has 2 aromatic carbocycles. The summed E-state index contributed by atoms with van der Waals surface area (Å²) in [6.07, 6.45) is 0. The topological polar surface area (TPSA) is 74.7 Å². The lowest BCUT2D eigenvalue weighted by Gasteiger charge is -2.18. The van der Waals surface area contributed by atoms with Crippen LogP contribution < -0.4 is 9.47 Å². The van der Waals surface area contributed by atoms with Gasteiger partial charge in [0.1, 0.15) is 13.2 Å². The first-order valence-electron chi connectivity index (χ1n) is 9.73. The molecule has 0 N–H and O–H groups in total. The summed E-state index contributed by atoms with van der Waals surface area (Å²) in [5.41, 5.74) is 2.16. The Morgan fingerprint density at radius 1 is 0.968 bits per heavy atom. The number of hydrogen-bond donors (Lipinski definition) is 0. The van der Waals surface area contributed by atoms with E-state index in [0.717, 1.165) is 4.88 Å². The van der Waals surface area contributed by atoms with E-state index in [1.807, 2.05) is 41.8 Å². The second-order valence-corrected chi connectivity index (χ2v) is 7.85. The molecule has 0 fully saturated rings. The van der Waals surface area contributed by atoms with Crippen molar-refractivity contribution in [3.63, 3.8) is 0 Å². The van der Waals surface area contributed by atoms with Crippen molar-refractivity contribution in [1.82, 2.24) is 4.98 Å². The lowest BCUT2D eigenvalue weighted by Crippen LogP contribution is -2.17. The number of esters is 1. The third-order valence-corrected chi connectivity index (χ3v) is 5.80. The molecular weight excluding hydrogens is 414 g/mol. The van der Waals surface area contributed by atoms with Gasteiger partial charge in [-0.3, -0.25) is 4.79 Å². The fourth-order valence-electron chi connectivity index (χ4n) is 3.40. The monoisotopic (exact) mass is 431 g/mol. The smallest absolute Gasteiger partial charge is 0.339 e. The number of para-hydroxylation sites is 1. The molecule has 0 atom stereocenters. The molecule has 0 unspecified atom stereocenters. The van der Waals surface area contributed by atoms with E-state index in [9.17, 15) is 9.59 Å². The van der Waals surface area contributed by atoms with Crippen LogP contribution in [0.5, 0.6) is 11.5 Å². The van der Waals surface area contributed by atoms with Crippen LogP contribution in [0.4, 0.5) is 0 Å². The molecule has 0 saturated carbocycles. The van der Waals surface area contributed by atoms with Crippen LogP contribution in [-0.4, -0.2) is 36.6 Å². The zero-order valence-electron chi connectivity index (χ0n) is 16.4. The number of hydrogen-bond acceptors (Lipinski definition) is 7. The van der Waals surface area contributed by atoms with Gasteiger partial charge >= 0.3 is 5.97 Å². The Labute approximate surface area is 182 Å². The maximum Gasteiger partial charge on any atom is 0.339 e. The van der Waals surface area contributed by atoms with E-state index in [1.165, 1.54) is 0 Å². The molecule has 0 radical (unpaired) electrons. The number of pyridine rings is 1. The fourth-order valence-corrected chi connectivity index (χ4v) is 4.09. The van der Waals surface area contributed by atoms with E-state index in [-0.39, 0.29) is 12.4 Å². The Bertz CT molecular complexity index is 1280. The van der Waals surface area contributed by atoms with Gasteiger partial charge in [-0.1, -0.05) is 24.3 Å². The van der Waals surface area contributed by atoms with Gasteiger partial charge in [-0.25, -0.2) is 9.78 Å². The Kier molecular flexibility index (Phi) is 5.09. The number of carbonyl (C=O) groups is 2. The van der Waals surface area contributed by atoms with Gasteiger partial charge in [0, 0.05) is 10.9 Å². The van der Waals surface area contributed by atoms with Gasteiger partial charge in [0.2, 0.25) is 0 Å². The number of rotatable bonds is 5. The van der Waals surface area contributed by atoms with Crippen LogP contribution >= 0.6 is 11.3 Å². The lowest BCUT2D eigenvalue weighted by molar-refractivity contribution is 0.0476. The number of thiophene rings is 1. The molecule has 0 bridgehead atoms. The maximum absolute atomic E-state index is 12.9. The van der Waals surface area contributed by atoms with Gasteiger partial charge in [-0.2, -0.15) is 0 Å². The van der Waals surface area contributed by atoms with Crippen LogP contribution in [0.3, 0.4) is 0 Å². The minimum atomic E-state index is -0.567. The summed E-state index contributed by atoms with van der Waals surface area (Å²) in [4.78, 5) is 31.1. The Balaban J connectivity index is 1.38. The molecule has 1 aliphatic heterocycles. The number of benzene rings is 2. The molecule has 2 aromatic heterocycles. The van der Waals surface area contributed by atoms with E-state index in [1.54, 1.807) is 35.6 Å². The first-order chi connectivity index (χ1) is 15.2. The van der Waals surface area contributed by atoms with Gasteiger partial charge in [0.25, 0.3) is 0 Å². The molecule has 0 amide bonds. The first kappa shape index (κ1) is 19.3. The van der Waals surface area contributed by atoms with Gasteiger partial charge in [0.05, 0.1) is 21.7 Å². The van der Waals surface area contributed by atoms with E-state index < -0.39 is 5.97 Å². The van der Waals surface area contributed by atoms with Gasteiger partial charge in [0.15, 0.2) is 23.9 Å². The summed E-state index contributed by atoms with van der Waals surface area (Å²) < 4.78 is 16.4. The average molecular weight is 431 g/mol. The van der Waals surface area contributed by atoms with Crippen LogP contribution in [-0.2, 0) is 4.74 Å². The van der Waals surface area contributed by atoms with Crippen molar-refractivity contribution in [3.05, 3.63) is 77.2 Å². The number of ketones is 1. The quantitative estimate of drug-likeness (QED) is 0.335. The summed E-state index contributed by atoms with van der Waals surface area (Å²) in [5.74, 6) is 0.234. The second kappa shape index (κ2) is 8.20. The summed E-state index contributed by atoms with van der Waals surface area (Å²) in [6, 6.07) is 17.9. The molecule has 1 aliphatic rings. The highest BCUT2D eigenvalue weighted by atomic mass is 32.1. The van der Waals surface area contributed by atoms with Crippen LogP contribution in [0.15, 0.2) is 66.0 Å². The van der Waals surface area contributed by atoms with Crippen molar-refractivity contribution < 1.29 is 23.8 Å². The molecule has 154 valence electrons. The standard InChI is InChI=1S/C24H17NO5S/c26-20(15-7-8-21-22(12-15)29-10-9-28-21)14-30-24(27)17-13-19(23-6-3-11-31-23)25-18-5-2-1-4-16(17)18/h1-8,11-13H,9-10,14H2. The van der Waals surface area contributed by atoms with Crippen molar-refractivity contribution in [3.8, 4) is 22.1 Å². The lowest BCUT2D eigenvalue weighted by atomic mass is 10.1. The van der Waals surface area contributed by atoms with Crippen molar-refractivity contribution in [2.45, 2.75) is 0 Å². The van der Waals surface area contributed by atoms with Gasteiger partial charge < -0.3 is 14.2 Å². The molecule has 31 heavy (non-hydrogen) atoms. The summed E-state index contributed by atoms with van der Waals surface area (Å²) >= 11 is 1.54. The molecule has 0 saturated heterocycles. The predicted octanol–water partition coefficient (Wildman–Crippen LogP) is 4.77. The number of ether oxygens (including phenoxy) is 3. The number of Topliss-reactive ketones (excluding diaryl/α,β-unsaturated/α-hetero) is 1. The van der Waals surface area contributed by atoms with Crippen molar-refractivity contribution >= 4 is 34.0 Å². The number of aromatic nitrogens is 1. The van der Waals surface area contributed by atoms with E-state index >= 15 is 0 Å². The Morgan fingerprint density at radius 2 is 1.81 bits per heavy atom. The Hall–Kier alpha value is -3.71. The fraction of sp³-hybridized carbons (Fsp3) is 0.125. The molecular formula is C24H17NO5S. The van der Waals surface area contributed by atoms with E-state index in [4.69, 9.17) is 14.2 Å². The maximum atomic E-state index is 12.9. The molecule has 3 heterocycles. The van der Waals surface area contributed by atoms with Crippen LogP contribution in [0, 0.1) is 0 Å². The zero-order valence-corrected chi connectivity index (χ0v) is 17.2. The normalized spacial score (nSPS) is 12.5. The third kappa shape index (κ3) is 3.87. The SMILES string of the molecule is O=C(COC(=O)c1cc(-c2cccs2)nc2ccccc12)c1ccc2c(c1)OCCO2. The van der Waals surface area contributed by atoms with Gasteiger partial charge in [-0.15, -0.1) is 11.3 Å². The minimum Gasteiger partial charge on any atom is -0.486 e. The molecule has 6 nitrogen and oxygen atoms in total. The highest BCUT2D eigenvalue weighted by Crippen LogP contribution is 2.31. The summed E-state index contributed by atoms with van der Waals surface area (Å²) in [7, 11) is 0. The van der Waals surface area contributed by atoms with Crippen molar-refractivity contribution in [2.24, 2.45) is 0 Å². The van der Waals surface area contributed by atoms with Gasteiger partial charge in [-0.05, 0) is 41.8 Å². The molecule has 5 rings (SSSR count). The molecule has 7 heteroatoms. The van der Waals surface area contributed by atoms with Crippen molar-refractivity contribution in [1.29, 1.82) is 0 Å². The Morgan fingerprint density at radius 3 is 2.65 bits per heavy atom. The minimum absolute atomic E-state index is 0.317. The number of fused-ring (bicyclic) bond motifs is 2. The molecule has 4 aromatic rings. The summed E-state index contributed by atoms with van der Waals surface area (Å²) in [6.45, 7) is 0.538. The number of nitrogens with zero attached hydrogens (tertiary/aromatic N) is 1. The molecule has 0 aliphatic carbocycles. The van der Waals surface area contributed by atoms with Crippen molar-refractivity contribution in [2.75, 3.05) is 19.8 Å². The highest BCUT2D eigenvalue weighted by molar-refractivity contribution is 7.13. The highest BCUT2D eigenvalue weighted by Gasteiger charge is 2.19. The van der Waals surface area contributed by atoms with Crippen LogP contribution in [0.1, 0.15) is 20.7 Å². The predicted molar refractivity (Wildman–Crippen MR) is 117 cm³/mol. The summed E-state index contributed by atoms with van der Waals surface area (Å²) in [5, 5.41) is 2.63. The average Bonchev–Trinajstić information content (AvgIpc) is 3.36. The van der Waals surface area contributed by atoms with E-state index in [0.29, 0.717) is 52.4 Å². The first-order valence-corrected chi connectivity index (χ1v) is 10.6. The van der Waals surface area contributed by atoms with E-state index in [2.05, 4.69) is 4.98 Å². The second-order valence-electron chi connectivity index (χ2n) is 6.91. The largest absolute Gasteiger partial charge is 0.486 e. The third-order valence-electron chi connectivity index (χ3n) is 4.91. The van der Waals surface area contributed by atoms with Crippen LogP contribution in [0.2, 0.25) is 0 Å².